The number of likely N-dealkylation sites (N-methyl/N-ethyl adjacent to an activating group) is 1. The van der Waals surface area contributed by atoms with E-state index >= 15 is 0 Å². The number of hydrogen-bond donors (Lipinski definition) is 0. The molecule has 0 aromatic heterocycles. The molecule has 0 bridgehead atoms. The number of likely N-dealkylation sites (tertiary alicyclic amines) is 2. The van der Waals surface area contributed by atoms with Gasteiger partial charge in [-0.05, 0) is 18.8 Å². The summed E-state index contributed by atoms with van der Waals surface area (Å²) < 4.78 is 0. The first kappa shape index (κ1) is 12.9. The van der Waals surface area contributed by atoms with Crippen molar-refractivity contribution in [3.63, 3.8) is 0 Å². The number of hydrogen-bond acceptors (Lipinski definition) is 3. The second-order valence-electron chi connectivity index (χ2n) is 6.54. The lowest BCUT2D eigenvalue weighted by Crippen LogP contribution is -2.38. The second kappa shape index (κ2) is 4.78. The Morgan fingerprint density at radius 3 is 2.58 bits per heavy atom. The van der Waals surface area contributed by atoms with E-state index in [0.29, 0.717) is 18.4 Å². The average Bonchev–Trinajstić information content (AvgIpc) is 3.01. The summed E-state index contributed by atoms with van der Waals surface area (Å²) in [6.45, 7) is 4.01. The van der Waals surface area contributed by atoms with Crippen LogP contribution in [-0.2, 0) is 9.59 Å². The maximum absolute atomic E-state index is 12.3. The van der Waals surface area contributed by atoms with E-state index in [4.69, 9.17) is 0 Å². The van der Waals surface area contributed by atoms with E-state index in [2.05, 4.69) is 9.80 Å². The van der Waals surface area contributed by atoms with Gasteiger partial charge in [-0.1, -0.05) is 0 Å². The molecule has 5 nitrogen and oxygen atoms in total. The molecule has 0 radical (unpaired) electrons. The van der Waals surface area contributed by atoms with Crippen molar-refractivity contribution in [2.75, 3.05) is 46.8 Å². The van der Waals surface area contributed by atoms with Crippen LogP contribution < -0.4 is 0 Å². The molecule has 2 heterocycles. The molecule has 0 spiro atoms. The van der Waals surface area contributed by atoms with Crippen molar-refractivity contribution >= 4 is 11.8 Å². The SMILES string of the molecule is CN(C)C(=O)CN1C[C@H]2CN(CC3CC3)C(=O)[C@H]2C1. The number of amides is 2. The first-order valence-corrected chi connectivity index (χ1v) is 7.26. The number of carbonyl (C=O) groups excluding carboxylic acids is 2. The molecule has 0 N–H and O–H groups in total. The molecule has 1 aliphatic carbocycles. The van der Waals surface area contributed by atoms with Gasteiger partial charge in [0, 0.05) is 46.2 Å². The van der Waals surface area contributed by atoms with Gasteiger partial charge < -0.3 is 9.80 Å². The lowest BCUT2D eigenvalue weighted by Gasteiger charge is -2.22. The molecule has 1 saturated carbocycles. The molecule has 19 heavy (non-hydrogen) atoms. The molecule has 2 amide bonds. The number of rotatable bonds is 4. The van der Waals surface area contributed by atoms with Gasteiger partial charge in [-0.3, -0.25) is 14.5 Å². The summed E-state index contributed by atoms with van der Waals surface area (Å²) in [5.41, 5.74) is 0. The van der Waals surface area contributed by atoms with E-state index < -0.39 is 0 Å². The van der Waals surface area contributed by atoms with Crippen LogP contribution in [0.15, 0.2) is 0 Å². The topological polar surface area (TPSA) is 43.9 Å². The summed E-state index contributed by atoms with van der Waals surface area (Å²) in [6, 6.07) is 0. The third-order valence-corrected chi connectivity index (χ3v) is 4.63. The maximum Gasteiger partial charge on any atom is 0.236 e. The molecular weight excluding hydrogens is 242 g/mol. The predicted molar refractivity (Wildman–Crippen MR) is 71.4 cm³/mol. The highest BCUT2D eigenvalue weighted by Crippen LogP contribution is 2.36. The Kier molecular flexibility index (Phi) is 3.25. The molecule has 3 fully saturated rings. The van der Waals surface area contributed by atoms with Crippen LogP contribution in [0.5, 0.6) is 0 Å². The van der Waals surface area contributed by atoms with E-state index in [1.54, 1.807) is 19.0 Å². The highest BCUT2D eigenvalue weighted by molar-refractivity contribution is 5.82. The van der Waals surface area contributed by atoms with Crippen LogP contribution in [0.3, 0.4) is 0 Å². The average molecular weight is 265 g/mol. The molecule has 0 aromatic rings. The Morgan fingerprint density at radius 2 is 2.00 bits per heavy atom. The fourth-order valence-electron chi connectivity index (χ4n) is 3.27. The van der Waals surface area contributed by atoms with Crippen molar-refractivity contribution in [3.05, 3.63) is 0 Å². The van der Waals surface area contributed by atoms with Gasteiger partial charge in [0.15, 0.2) is 0 Å². The van der Waals surface area contributed by atoms with E-state index in [-0.39, 0.29) is 11.8 Å². The zero-order valence-corrected chi connectivity index (χ0v) is 11.8. The normalized spacial score (nSPS) is 30.8. The van der Waals surface area contributed by atoms with Crippen LogP contribution >= 0.6 is 0 Å². The summed E-state index contributed by atoms with van der Waals surface area (Å²) in [4.78, 5) is 29.9. The largest absolute Gasteiger partial charge is 0.348 e. The first-order chi connectivity index (χ1) is 9.04. The Balaban J connectivity index is 1.53. The van der Waals surface area contributed by atoms with Crippen LogP contribution in [-0.4, -0.2) is 73.3 Å². The molecular formula is C14H23N3O2. The van der Waals surface area contributed by atoms with Crippen LogP contribution in [0.1, 0.15) is 12.8 Å². The highest BCUT2D eigenvalue weighted by atomic mass is 16.2. The molecule has 0 unspecified atom stereocenters. The van der Waals surface area contributed by atoms with Crippen LogP contribution in [0, 0.1) is 17.8 Å². The Morgan fingerprint density at radius 1 is 1.26 bits per heavy atom. The van der Waals surface area contributed by atoms with Crippen molar-refractivity contribution < 1.29 is 9.59 Å². The van der Waals surface area contributed by atoms with E-state index in [1.165, 1.54) is 12.8 Å². The fraction of sp³-hybridized carbons (Fsp3) is 0.857. The van der Waals surface area contributed by atoms with E-state index in [9.17, 15) is 9.59 Å². The molecule has 2 atom stereocenters. The lowest BCUT2D eigenvalue weighted by atomic mass is 10.0. The molecule has 106 valence electrons. The van der Waals surface area contributed by atoms with Gasteiger partial charge in [0.05, 0.1) is 12.5 Å². The maximum atomic E-state index is 12.3. The molecule has 0 aromatic carbocycles. The molecule has 3 rings (SSSR count). The van der Waals surface area contributed by atoms with Crippen molar-refractivity contribution in [3.8, 4) is 0 Å². The summed E-state index contributed by atoms with van der Waals surface area (Å²) in [7, 11) is 3.56. The first-order valence-electron chi connectivity index (χ1n) is 7.26. The van der Waals surface area contributed by atoms with Crippen molar-refractivity contribution in [1.29, 1.82) is 0 Å². The quantitative estimate of drug-likeness (QED) is 0.711. The summed E-state index contributed by atoms with van der Waals surface area (Å²) in [6.07, 6.45) is 2.59. The molecule has 5 heteroatoms. The van der Waals surface area contributed by atoms with Crippen molar-refractivity contribution in [1.82, 2.24) is 14.7 Å². The zero-order chi connectivity index (χ0) is 13.6. The standard InChI is InChI=1S/C14H23N3O2/c1-15(2)13(18)9-16-6-11-7-17(5-10-3-4-10)14(19)12(11)8-16/h10-12H,3-9H2,1-2H3/t11-,12-/m0/s1. The predicted octanol–water partition coefficient (Wildman–Crippen LogP) is -0.125. The van der Waals surface area contributed by atoms with Crippen molar-refractivity contribution in [2.24, 2.45) is 17.8 Å². The van der Waals surface area contributed by atoms with Crippen LogP contribution in [0.2, 0.25) is 0 Å². The van der Waals surface area contributed by atoms with Crippen LogP contribution in [0.4, 0.5) is 0 Å². The number of nitrogens with zero attached hydrogens (tertiary/aromatic N) is 3. The third kappa shape index (κ3) is 2.61. The zero-order valence-electron chi connectivity index (χ0n) is 11.8. The fourth-order valence-corrected chi connectivity index (χ4v) is 3.27. The smallest absolute Gasteiger partial charge is 0.236 e. The third-order valence-electron chi connectivity index (χ3n) is 4.63. The Hall–Kier alpha value is -1.10. The van der Waals surface area contributed by atoms with Gasteiger partial charge in [0.1, 0.15) is 0 Å². The summed E-state index contributed by atoms with van der Waals surface area (Å²) in [5.74, 6) is 1.82. The van der Waals surface area contributed by atoms with Gasteiger partial charge in [0.2, 0.25) is 11.8 Å². The minimum absolute atomic E-state index is 0.127. The van der Waals surface area contributed by atoms with Gasteiger partial charge >= 0.3 is 0 Å². The van der Waals surface area contributed by atoms with E-state index in [0.717, 1.165) is 32.1 Å². The van der Waals surface area contributed by atoms with Gasteiger partial charge in [-0.15, -0.1) is 0 Å². The van der Waals surface area contributed by atoms with Gasteiger partial charge in [-0.2, -0.15) is 0 Å². The molecule has 2 aliphatic heterocycles. The Bertz CT molecular complexity index is 392. The minimum Gasteiger partial charge on any atom is -0.348 e. The minimum atomic E-state index is 0.127. The second-order valence-corrected chi connectivity index (χ2v) is 6.54. The van der Waals surface area contributed by atoms with Gasteiger partial charge in [-0.25, -0.2) is 0 Å². The number of carbonyl (C=O) groups is 2. The summed E-state index contributed by atoms with van der Waals surface area (Å²) >= 11 is 0. The molecule has 2 saturated heterocycles. The monoisotopic (exact) mass is 265 g/mol. The van der Waals surface area contributed by atoms with Crippen molar-refractivity contribution in [2.45, 2.75) is 12.8 Å². The van der Waals surface area contributed by atoms with Gasteiger partial charge in [0.25, 0.3) is 0 Å². The van der Waals surface area contributed by atoms with Crippen LogP contribution in [0.25, 0.3) is 0 Å². The Labute approximate surface area is 114 Å². The lowest BCUT2D eigenvalue weighted by molar-refractivity contribution is -0.133. The highest BCUT2D eigenvalue weighted by Gasteiger charge is 2.47. The number of fused-ring (bicyclic) bond motifs is 1. The molecule has 3 aliphatic rings. The van der Waals surface area contributed by atoms with E-state index in [1.807, 2.05) is 0 Å². The summed E-state index contributed by atoms with van der Waals surface area (Å²) in [5, 5.41) is 0.